The number of carbonyl (C=O) groups excluding carboxylic acids is 1. The van der Waals surface area contributed by atoms with E-state index < -0.39 is 5.91 Å². The van der Waals surface area contributed by atoms with Gasteiger partial charge in [-0.1, -0.05) is 39.7 Å². The number of hydrogen-bond donors (Lipinski definition) is 1. The Labute approximate surface area is 124 Å². The quantitative estimate of drug-likeness (QED) is 0.921. The number of hydrogen-bond acceptors (Lipinski definition) is 2. The second-order valence-electron chi connectivity index (χ2n) is 3.92. The molecule has 0 atom stereocenters. The summed E-state index contributed by atoms with van der Waals surface area (Å²) in [6.45, 7) is 0.370. The molecular weight excluding hydrogens is 330 g/mol. The van der Waals surface area contributed by atoms with Crippen LogP contribution in [0.25, 0.3) is 0 Å². The van der Waals surface area contributed by atoms with Crippen LogP contribution in [-0.4, -0.2) is 5.91 Å². The number of nitrogens with two attached hydrogens (primary N) is 1. The van der Waals surface area contributed by atoms with Gasteiger partial charge < -0.3 is 10.5 Å². The van der Waals surface area contributed by atoms with E-state index in [1.165, 1.54) is 0 Å². The molecule has 2 rings (SSSR count). The second kappa shape index (κ2) is 6.08. The minimum absolute atomic E-state index is 0.370. The standard InChI is InChI=1S/C14H11BrClNO2/c15-11-5-6-12(16)13(7-11)19-8-9-1-3-10(4-2-9)14(17)18/h1-7H,8H2,(H2,17,18). The molecule has 2 aromatic carbocycles. The lowest BCUT2D eigenvalue weighted by Crippen LogP contribution is -2.10. The molecule has 0 saturated heterocycles. The van der Waals surface area contributed by atoms with Gasteiger partial charge in [0.15, 0.2) is 0 Å². The highest BCUT2D eigenvalue weighted by Crippen LogP contribution is 2.28. The first-order chi connectivity index (χ1) is 9.06. The summed E-state index contributed by atoms with van der Waals surface area (Å²) < 4.78 is 6.52. The molecule has 2 N–H and O–H groups in total. The van der Waals surface area contributed by atoms with E-state index in [0.29, 0.717) is 22.9 Å². The average molecular weight is 341 g/mol. The van der Waals surface area contributed by atoms with Crippen LogP contribution in [0.2, 0.25) is 5.02 Å². The predicted octanol–water partition coefficient (Wildman–Crippen LogP) is 3.78. The maximum Gasteiger partial charge on any atom is 0.248 e. The topological polar surface area (TPSA) is 52.3 Å². The van der Waals surface area contributed by atoms with Gasteiger partial charge in [0.05, 0.1) is 5.02 Å². The number of amides is 1. The Kier molecular flexibility index (Phi) is 4.45. The number of primary amides is 1. The summed E-state index contributed by atoms with van der Waals surface area (Å²) in [6, 6.07) is 12.3. The van der Waals surface area contributed by atoms with Crippen LogP contribution in [0.3, 0.4) is 0 Å². The molecule has 2 aromatic rings. The van der Waals surface area contributed by atoms with E-state index in [1.54, 1.807) is 36.4 Å². The molecule has 0 fully saturated rings. The molecule has 0 spiro atoms. The molecular formula is C14H11BrClNO2. The smallest absolute Gasteiger partial charge is 0.248 e. The highest BCUT2D eigenvalue weighted by Gasteiger charge is 2.04. The molecule has 0 bridgehead atoms. The zero-order chi connectivity index (χ0) is 13.8. The monoisotopic (exact) mass is 339 g/mol. The molecule has 98 valence electrons. The molecule has 19 heavy (non-hydrogen) atoms. The lowest BCUT2D eigenvalue weighted by Gasteiger charge is -2.08. The minimum atomic E-state index is -0.442. The Hall–Kier alpha value is -1.52. The molecule has 0 aliphatic heterocycles. The average Bonchev–Trinajstić information content (AvgIpc) is 2.40. The lowest BCUT2D eigenvalue weighted by atomic mass is 10.1. The van der Waals surface area contributed by atoms with Crippen LogP contribution in [0.5, 0.6) is 5.75 Å². The van der Waals surface area contributed by atoms with E-state index >= 15 is 0 Å². The molecule has 0 radical (unpaired) electrons. The second-order valence-corrected chi connectivity index (χ2v) is 5.25. The van der Waals surface area contributed by atoms with Crippen LogP contribution in [-0.2, 0) is 6.61 Å². The van der Waals surface area contributed by atoms with Crippen LogP contribution in [0.15, 0.2) is 46.9 Å². The van der Waals surface area contributed by atoms with Crippen LogP contribution >= 0.6 is 27.5 Å². The van der Waals surface area contributed by atoms with Crippen LogP contribution in [0.4, 0.5) is 0 Å². The van der Waals surface area contributed by atoms with Crippen LogP contribution in [0.1, 0.15) is 15.9 Å². The summed E-state index contributed by atoms with van der Waals surface area (Å²) in [5, 5.41) is 0.553. The molecule has 0 heterocycles. The normalized spacial score (nSPS) is 10.2. The van der Waals surface area contributed by atoms with Crippen LogP contribution < -0.4 is 10.5 Å². The van der Waals surface area contributed by atoms with Crippen LogP contribution in [0, 0.1) is 0 Å². The predicted molar refractivity (Wildman–Crippen MR) is 78.4 cm³/mol. The summed E-state index contributed by atoms with van der Waals surface area (Å²) in [4.78, 5) is 10.9. The van der Waals surface area contributed by atoms with E-state index in [-0.39, 0.29) is 0 Å². The highest BCUT2D eigenvalue weighted by atomic mass is 79.9. The van der Waals surface area contributed by atoms with Gasteiger partial charge >= 0.3 is 0 Å². The van der Waals surface area contributed by atoms with Gasteiger partial charge in [-0.25, -0.2) is 0 Å². The largest absolute Gasteiger partial charge is 0.487 e. The molecule has 3 nitrogen and oxygen atoms in total. The fourth-order valence-electron chi connectivity index (χ4n) is 1.51. The van der Waals surface area contributed by atoms with Crippen molar-refractivity contribution in [3.63, 3.8) is 0 Å². The van der Waals surface area contributed by atoms with Crippen molar-refractivity contribution in [2.45, 2.75) is 6.61 Å². The van der Waals surface area contributed by atoms with Gasteiger partial charge in [0.25, 0.3) is 0 Å². The van der Waals surface area contributed by atoms with Crippen molar-refractivity contribution in [2.75, 3.05) is 0 Å². The van der Waals surface area contributed by atoms with E-state index in [0.717, 1.165) is 10.0 Å². The summed E-state index contributed by atoms with van der Waals surface area (Å²) in [7, 11) is 0. The third-order valence-electron chi connectivity index (χ3n) is 2.53. The summed E-state index contributed by atoms with van der Waals surface area (Å²) in [5.41, 5.74) is 6.58. The Morgan fingerprint density at radius 2 is 1.89 bits per heavy atom. The molecule has 5 heteroatoms. The van der Waals surface area contributed by atoms with Crippen molar-refractivity contribution >= 4 is 33.4 Å². The van der Waals surface area contributed by atoms with E-state index in [1.807, 2.05) is 6.07 Å². The van der Waals surface area contributed by atoms with Gasteiger partial charge in [-0.2, -0.15) is 0 Å². The first-order valence-electron chi connectivity index (χ1n) is 5.53. The van der Waals surface area contributed by atoms with Crippen molar-refractivity contribution < 1.29 is 9.53 Å². The van der Waals surface area contributed by atoms with Gasteiger partial charge in [0, 0.05) is 10.0 Å². The van der Waals surface area contributed by atoms with Gasteiger partial charge in [0.1, 0.15) is 12.4 Å². The van der Waals surface area contributed by atoms with Crippen molar-refractivity contribution in [3.05, 3.63) is 63.1 Å². The zero-order valence-corrected chi connectivity index (χ0v) is 12.2. The Balaban J connectivity index is 2.06. The number of ether oxygens (including phenoxy) is 1. The number of halogens is 2. The van der Waals surface area contributed by atoms with E-state index in [2.05, 4.69) is 15.9 Å². The fraction of sp³-hybridized carbons (Fsp3) is 0.0714. The zero-order valence-electron chi connectivity index (χ0n) is 9.90. The molecule has 0 aromatic heterocycles. The maximum absolute atomic E-state index is 10.9. The molecule has 0 aliphatic carbocycles. The summed E-state index contributed by atoms with van der Waals surface area (Å²) >= 11 is 9.38. The number of benzene rings is 2. The molecule has 1 amide bonds. The SMILES string of the molecule is NC(=O)c1ccc(COc2cc(Br)ccc2Cl)cc1. The highest BCUT2D eigenvalue weighted by molar-refractivity contribution is 9.10. The van der Waals surface area contributed by atoms with E-state index in [4.69, 9.17) is 22.1 Å². The Morgan fingerprint density at radius 1 is 1.21 bits per heavy atom. The fourth-order valence-corrected chi connectivity index (χ4v) is 2.03. The number of rotatable bonds is 4. The number of carbonyl (C=O) groups is 1. The Bertz CT molecular complexity index is 599. The van der Waals surface area contributed by atoms with Crippen molar-refractivity contribution in [3.8, 4) is 5.75 Å². The first-order valence-corrected chi connectivity index (χ1v) is 6.70. The van der Waals surface area contributed by atoms with E-state index in [9.17, 15) is 4.79 Å². The molecule has 0 unspecified atom stereocenters. The molecule has 0 saturated carbocycles. The Morgan fingerprint density at radius 3 is 2.53 bits per heavy atom. The summed E-state index contributed by atoms with van der Waals surface area (Å²) in [6.07, 6.45) is 0. The lowest BCUT2D eigenvalue weighted by molar-refractivity contribution is 0.1000. The van der Waals surface area contributed by atoms with Gasteiger partial charge in [0.2, 0.25) is 5.91 Å². The van der Waals surface area contributed by atoms with Gasteiger partial charge in [-0.3, -0.25) is 4.79 Å². The summed E-state index contributed by atoms with van der Waals surface area (Å²) in [5.74, 6) is 0.164. The van der Waals surface area contributed by atoms with Crippen molar-refractivity contribution in [1.82, 2.24) is 0 Å². The third-order valence-corrected chi connectivity index (χ3v) is 3.33. The van der Waals surface area contributed by atoms with Gasteiger partial charge in [-0.05, 0) is 35.9 Å². The maximum atomic E-state index is 10.9. The van der Waals surface area contributed by atoms with Crippen molar-refractivity contribution in [2.24, 2.45) is 5.73 Å². The third kappa shape index (κ3) is 3.72. The minimum Gasteiger partial charge on any atom is -0.487 e. The van der Waals surface area contributed by atoms with Gasteiger partial charge in [-0.15, -0.1) is 0 Å². The first kappa shape index (κ1) is 13.9. The van der Waals surface area contributed by atoms with Crippen molar-refractivity contribution in [1.29, 1.82) is 0 Å². The molecule has 0 aliphatic rings.